The second-order valence-corrected chi connectivity index (χ2v) is 5.84. The molecule has 4 heterocycles. The molecule has 122 valence electrons. The lowest BCUT2D eigenvalue weighted by Crippen LogP contribution is -2.35. The molecule has 3 aromatic heterocycles. The molecule has 0 fully saturated rings. The topological polar surface area (TPSA) is 85.8 Å². The van der Waals surface area contributed by atoms with Crippen LogP contribution in [-0.4, -0.2) is 31.7 Å². The van der Waals surface area contributed by atoms with Crippen LogP contribution < -0.4 is 5.32 Å². The highest BCUT2D eigenvalue weighted by Gasteiger charge is 2.22. The van der Waals surface area contributed by atoms with E-state index in [4.69, 9.17) is 4.42 Å². The number of aryl methyl sites for hydroxylation is 1. The minimum atomic E-state index is -0.0982. The van der Waals surface area contributed by atoms with Crippen molar-refractivity contribution >= 4 is 5.91 Å². The van der Waals surface area contributed by atoms with Gasteiger partial charge in [0.2, 0.25) is 0 Å². The molecule has 0 saturated heterocycles. The number of rotatable bonds is 3. The lowest BCUT2D eigenvalue weighted by molar-refractivity contribution is 0.0932. The second-order valence-electron chi connectivity index (χ2n) is 5.84. The molecule has 0 saturated carbocycles. The van der Waals surface area contributed by atoms with Crippen LogP contribution in [-0.2, 0) is 13.0 Å². The fourth-order valence-corrected chi connectivity index (χ4v) is 3.00. The van der Waals surface area contributed by atoms with Crippen molar-refractivity contribution in [2.75, 3.05) is 0 Å². The van der Waals surface area contributed by atoms with Crippen LogP contribution in [0.3, 0.4) is 0 Å². The molecule has 1 aliphatic heterocycles. The van der Waals surface area contributed by atoms with Gasteiger partial charge in [-0.1, -0.05) is 0 Å². The molecule has 7 nitrogen and oxygen atoms in total. The number of pyridine rings is 1. The maximum absolute atomic E-state index is 12.2. The fraction of sp³-hybridized carbons (Fsp3) is 0.294. The number of amides is 1. The molecule has 1 atom stereocenters. The van der Waals surface area contributed by atoms with Gasteiger partial charge in [-0.05, 0) is 31.0 Å². The third-order valence-corrected chi connectivity index (χ3v) is 4.28. The lowest BCUT2D eigenvalue weighted by atomic mass is 10.1. The molecule has 4 rings (SSSR count). The predicted molar refractivity (Wildman–Crippen MR) is 86.2 cm³/mol. The highest BCUT2D eigenvalue weighted by molar-refractivity contribution is 5.93. The Bertz CT molecular complexity index is 826. The van der Waals surface area contributed by atoms with E-state index in [9.17, 15) is 4.79 Å². The monoisotopic (exact) mass is 323 g/mol. The Morgan fingerprint density at radius 1 is 1.29 bits per heavy atom. The summed E-state index contributed by atoms with van der Waals surface area (Å²) in [5.74, 6) is 1.69. The minimum absolute atomic E-state index is 0.0982. The predicted octanol–water partition coefficient (Wildman–Crippen LogP) is 2.07. The molecule has 0 spiro atoms. The summed E-state index contributed by atoms with van der Waals surface area (Å²) in [5.41, 5.74) is 1.51. The molecule has 3 aromatic rings. The molecular formula is C17H17N5O2. The van der Waals surface area contributed by atoms with Crippen LogP contribution >= 0.6 is 0 Å². The first-order valence-corrected chi connectivity index (χ1v) is 7.97. The van der Waals surface area contributed by atoms with Crippen LogP contribution in [0, 0.1) is 0 Å². The van der Waals surface area contributed by atoms with Crippen LogP contribution in [0.25, 0.3) is 11.4 Å². The highest BCUT2D eigenvalue weighted by Crippen LogP contribution is 2.22. The highest BCUT2D eigenvalue weighted by atomic mass is 16.3. The van der Waals surface area contributed by atoms with Crippen molar-refractivity contribution in [1.29, 1.82) is 0 Å². The van der Waals surface area contributed by atoms with E-state index in [1.54, 1.807) is 18.5 Å². The van der Waals surface area contributed by atoms with Crippen molar-refractivity contribution in [1.82, 2.24) is 25.1 Å². The first kappa shape index (κ1) is 14.6. The number of carbonyl (C=O) groups is 1. The first-order chi connectivity index (χ1) is 11.8. The van der Waals surface area contributed by atoms with Crippen LogP contribution in [0.5, 0.6) is 0 Å². The molecule has 0 radical (unpaired) electrons. The number of hydrogen-bond donors (Lipinski definition) is 1. The summed E-state index contributed by atoms with van der Waals surface area (Å²) in [6.45, 7) is 0.767. The van der Waals surface area contributed by atoms with E-state index in [2.05, 4.69) is 25.1 Å². The number of hydrogen-bond acceptors (Lipinski definition) is 5. The zero-order chi connectivity index (χ0) is 16.4. The number of carbonyl (C=O) groups excluding carboxylic acids is 1. The van der Waals surface area contributed by atoms with Gasteiger partial charge < -0.3 is 14.3 Å². The fourth-order valence-electron chi connectivity index (χ4n) is 3.00. The van der Waals surface area contributed by atoms with Gasteiger partial charge in [0.25, 0.3) is 5.91 Å². The summed E-state index contributed by atoms with van der Waals surface area (Å²) in [6, 6.07) is 5.65. The average Bonchev–Trinajstić information content (AvgIpc) is 3.24. The molecule has 0 bridgehead atoms. The van der Waals surface area contributed by atoms with Crippen LogP contribution in [0.15, 0.2) is 47.5 Å². The zero-order valence-electron chi connectivity index (χ0n) is 13.1. The Hall–Kier alpha value is -2.96. The van der Waals surface area contributed by atoms with Gasteiger partial charge in [-0.15, -0.1) is 10.2 Å². The maximum Gasteiger partial charge on any atom is 0.254 e. The van der Waals surface area contributed by atoms with Crippen molar-refractivity contribution in [2.45, 2.75) is 31.8 Å². The van der Waals surface area contributed by atoms with E-state index in [1.807, 2.05) is 12.1 Å². The molecular weight excluding hydrogens is 306 g/mol. The second kappa shape index (κ2) is 6.27. The molecule has 0 aromatic carbocycles. The Morgan fingerprint density at radius 2 is 2.25 bits per heavy atom. The molecule has 1 amide bonds. The normalized spacial score (nSPS) is 17.1. The number of nitrogens with zero attached hydrogens (tertiary/aromatic N) is 4. The number of aromatic nitrogens is 4. The summed E-state index contributed by atoms with van der Waals surface area (Å²) in [4.78, 5) is 16.3. The van der Waals surface area contributed by atoms with Gasteiger partial charge in [-0.3, -0.25) is 9.78 Å². The number of nitrogens with one attached hydrogen (secondary N) is 1. The third kappa shape index (κ3) is 2.80. The molecule has 1 aliphatic rings. The first-order valence-electron chi connectivity index (χ1n) is 7.97. The van der Waals surface area contributed by atoms with Gasteiger partial charge in [0, 0.05) is 37.0 Å². The Morgan fingerprint density at radius 3 is 3.04 bits per heavy atom. The molecule has 1 unspecified atom stereocenters. The summed E-state index contributed by atoms with van der Waals surface area (Å²) in [5, 5.41) is 11.7. The van der Waals surface area contributed by atoms with Gasteiger partial charge in [0.15, 0.2) is 5.82 Å². The minimum Gasteiger partial charge on any atom is -0.472 e. The van der Waals surface area contributed by atoms with E-state index in [0.29, 0.717) is 5.56 Å². The summed E-state index contributed by atoms with van der Waals surface area (Å²) < 4.78 is 7.09. The average molecular weight is 323 g/mol. The van der Waals surface area contributed by atoms with Crippen LogP contribution in [0.1, 0.15) is 29.0 Å². The van der Waals surface area contributed by atoms with Crippen molar-refractivity contribution in [2.24, 2.45) is 0 Å². The van der Waals surface area contributed by atoms with E-state index in [1.165, 1.54) is 12.5 Å². The quantitative estimate of drug-likeness (QED) is 0.797. The van der Waals surface area contributed by atoms with Gasteiger partial charge in [0.1, 0.15) is 12.1 Å². The van der Waals surface area contributed by atoms with E-state index in [-0.39, 0.29) is 11.9 Å². The summed E-state index contributed by atoms with van der Waals surface area (Å²) >= 11 is 0. The molecule has 24 heavy (non-hydrogen) atoms. The standard InChI is InChI=1S/C17H17N5O2/c23-17(13-6-9-24-11-13)19-14-3-4-15-20-21-16(22(15)8-5-14)12-2-1-7-18-10-12/h1-2,6-7,9-11,14H,3-5,8H2,(H,19,23). The number of fused-ring (bicyclic) bond motifs is 1. The van der Waals surface area contributed by atoms with Gasteiger partial charge in [0.05, 0.1) is 11.8 Å². The van der Waals surface area contributed by atoms with Crippen LogP contribution in [0.2, 0.25) is 0 Å². The Labute approximate surface area is 138 Å². The SMILES string of the molecule is O=C(NC1CCc2nnc(-c3cccnc3)n2CC1)c1ccoc1. The maximum atomic E-state index is 12.2. The van der Waals surface area contributed by atoms with Crippen LogP contribution in [0.4, 0.5) is 0 Å². The number of furan rings is 1. The van der Waals surface area contributed by atoms with E-state index in [0.717, 1.165) is 43.0 Å². The van der Waals surface area contributed by atoms with Crippen molar-refractivity contribution in [3.05, 3.63) is 54.5 Å². The Balaban J connectivity index is 1.49. The van der Waals surface area contributed by atoms with Gasteiger partial charge >= 0.3 is 0 Å². The van der Waals surface area contributed by atoms with Gasteiger partial charge in [-0.2, -0.15) is 0 Å². The molecule has 7 heteroatoms. The lowest BCUT2D eigenvalue weighted by Gasteiger charge is -2.15. The van der Waals surface area contributed by atoms with E-state index >= 15 is 0 Å². The zero-order valence-corrected chi connectivity index (χ0v) is 13.1. The third-order valence-electron chi connectivity index (χ3n) is 4.28. The summed E-state index contributed by atoms with van der Waals surface area (Å²) in [7, 11) is 0. The largest absolute Gasteiger partial charge is 0.472 e. The Kier molecular flexibility index (Phi) is 3.82. The van der Waals surface area contributed by atoms with E-state index < -0.39 is 0 Å². The van der Waals surface area contributed by atoms with Crippen molar-refractivity contribution in [3.8, 4) is 11.4 Å². The smallest absolute Gasteiger partial charge is 0.254 e. The van der Waals surface area contributed by atoms with Gasteiger partial charge in [-0.25, -0.2) is 0 Å². The summed E-state index contributed by atoms with van der Waals surface area (Å²) in [6.07, 6.45) is 8.95. The molecule has 1 N–H and O–H groups in total. The van der Waals surface area contributed by atoms with Crippen molar-refractivity contribution in [3.63, 3.8) is 0 Å². The van der Waals surface area contributed by atoms with Crippen molar-refractivity contribution < 1.29 is 9.21 Å². The molecule has 0 aliphatic carbocycles.